The second-order valence-electron chi connectivity index (χ2n) is 9.38. The quantitative estimate of drug-likeness (QED) is 0.116. The number of hydrogen-bond donors (Lipinski definition) is 0. The molecule has 204 valence electrons. The predicted molar refractivity (Wildman–Crippen MR) is 160 cm³/mol. The number of aromatic nitrogens is 3. The van der Waals surface area contributed by atoms with Crippen molar-refractivity contribution in [2.24, 2.45) is 5.10 Å². The van der Waals surface area contributed by atoms with Gasteiger partial charge in [-0.1, -0.05) is 28.1 Å². The molecule has 0 bridgehead atoms. The van der Waals surface area contributed by atoms with Crippen LogP contribution in [0.25, 0.3) is 39.1 Å². The van der Waals surface area contributed by atoms with Crippen molar-refractivity contribution < 1.29 is 14.1 Å². The third-order valence-electron chi connectivity index (χ3n) is 6.85. The van der Waals surface area contributed by atoms with E-state index in [1.54, 1.807) is 30.5 Å². The number of fused-ring (bicyclic) bond motifs is 2. The maximum atomic E-state index is 13.7. The molecule has 0 radical (unpaired) electrons. The first-order valence-corrected chi connectivity index (χ1v) is 13.3. The molecular weight excluding hydrogens is 590 g/mol. The molecule has 6 rings (SSSR count). The normalized spacial score (nSPS) is 11.6. The van der Waals surface area contributed by atoms with Gasteiger partial charge in [-0.05, 0) is 62.4 Å². The molecule has 10 nitrogen and oxygen atoms in total. The van der Waals surface area contributed by atoms with Crippen molar-refractivity contribution in [2.75, 3.05) is 7.11 Å². The van der Waals surface area contributed by atoms with Crippen LogP contribution in [0.5, 0.6) is 5.75 Å². The van der Waals surface area contributed by atoms with Gasteiger partial charge < -0.3 is 13.7 Å². The third-order valence-corrected chi connectivity index (χ3v) is 7.34. The van der Waals surface area contributed by atoms with Gasteiger partial charge in [-0.15, -0.1) is 0 Å². The van der Waals surface area contributed by atoms with Crippen LogP contribution >= 0.6 is 15.9 Å². The molecule has 3 heterocycles. The molecule has 0 saturated carbocycles. The van der Waals surface area contributed by atoms with Crippen LogP contribution in [-0.4, -0.2) is 32.5 Å². The minimum Gasteiger partial charge on any atom is -0.495 e. The first-order valence-electron chi connectivity index (χ1n) is 12.5. The van der Waals surface area contributed by atoms with Crippen LogP contribution in [-0.2, 0) is 0 Å². The van der Waals surface area contributed by atoms with Gasteiger partial charge in [0, 0.05) is 38.9 Å². The number of hydrogen-bond acceptors (Lipinski definition) is 7. The summed E-state index contributed by atoms with van der Waals surface area (Å²) in [6.07, 6.45) is 1.57. The van der Waals surface area contributed by atoms with Gasteiger partial charge in [0.2, 0.25) is 5.82 Å². The predicted octanol–water partition coefficient (Wildman–Crippen LogP) is 6.78. The van der Waals surface area contributed by atoms with Crippen LogP contribution in [0, 0.1) is 24.0 Å². The zero-order valence-corrected chi connectivity index (χ0v) is 23.7. The lowest BCUT2D eigenvalue weighted by Gasteiger charge is -2.13. The molecule has 3 aromatic heterocycles. The van der Waals surface area contributed by atoms with Crippen molar-refractivity contribution in [3.05, 3.63) is 115 Å². The summed E-state index contributed by atoms with van der Waals surface area (Å²) < 4.78 is 15.6. The average Bonchev–Trinajstić information content (AvgIpc) is 3.51. The lowest BCUT2D eigenvalue weighted by molar-refractivity contribution is -0.384. The van der Waals surface area contributed by atoms with E-state index in [2.05, 4.69) is 21.0 Å². The summed E-state index contributed by atoms with van der Waals surface area (Å²) in [6.45, 7) is 3.75. The largest absolute Gasteiger partial charge is 0.495 e. The Balaban J connectivity index is 1.51. The van der Waals surface area contributed by atoms with Crippen molar-refractivity contribution in [1.29, 1.82) is 0 Å². The molecule has 0 spiro atoms. The fourth-order valence-electron chi connectivity index (χ4n) is 4.89. The lowest BCUT2D eigenvalue weighted by atomic mass is 10.2. The highest BCUT2D eigenvalue weighted by molar-refractivity contribution is 9.10. The first-order chi connectivity index (χ1) is 19.7. The van der Waals surface area contributed by atoms with Crippen LogP contribution in [0.15, 0.2) is 91.6 Å². The Morgan fingerprint density at radius 3 is 2.66 bits per heavy atom. The van der Waals surface area contributed by atoms with E-state index in [0.29, 0.717) is 39.2 Å². The van der Waals surface area contributed by atoms with Gasteiger partial charge in [-0.3, -0.25) is 14.9 Å². The molecular formula is C30H22BrN5O5. The van der Waals surface area contributed by atoms with E-state index in [9.17, 15) is 14.9 Å². The number of methoxy groups -OCH3 is 1. The number of non-ortho nitro benzene ring substituents is 1. The van der Waals surface area contributed by atoms with E-state index < -0.39 is 4.92 Å². The Kier molecular flexibility index (Phi) is 6.50. The van der Waals surface area contributed by atoms with Gasteiger partial charge in [0.25, 0.3) is 11.2 Å². The van der Waals surface area contributed by atoms with E-state index in [1.807, 2.05) is 54.8 Å². The highest BCUT2D eigenvalue weighted by Gasteiger charge is 2.19. The van der Waals surface area contributed by atoms with Crippen molar-refractivity contribution in [3.63, 3.8) is 0 Å². The maximum Gasteiger partial charge on any atom is 0.282 e. The molecule has 0 atom stereocenters. The van der Waals surface area contributed by atoms with Crippen LogP contribution in [0.4, 0.5) is 5.69 Å². The monoisotopic (exact) mass is 611 g/mol. The molecule has 6 aromatic rings. The SMILES string of the molecule is COc1ccc([N+](=O)[O-])cc1-n1c(C)cc(C=Nn2c(-c3cc4cc(Br)ccc4o3)nc3ccccc3c2=O)c1C. The van der Waals surface area contributed by atoms with Gasteiger partial charge in [0.15, 0.2) is 5.76 Å². The van der Waals surface area contributed by atoms with Gasteiger partial charge in [-0.2, -0.15) is 9.78 Å². The summed E-state index contributed by atoms with van der Waals surface area (Å²) in [5, 5.41) is 17.3. The number of furan rings is 1. The molecule has 0 aliphatic heterocycles. The highest BCUT2D eigenvalue weighted by atomic mass is 79.9. The molecule has 0 N–H and O–H groups in total. The van der Waals surface area contributed by atoms with Gasteiger partial charge in [-0.25, -0.2) is 4.98 Å². The van der Waals surface area contributed by atoms with Crippen molar-refractivity contribution in [2.45, 2.75) is 13.8 Å². The summed E-state index contributed by atoms with van der Waals surface area (Å²) in [4.78, 5) is 29.4. The van der Waals surface area contributed by atoms with Crippen molar-refractivity contribution in [1.82, 2.24) is 14.2 Å². The molecule has 41 heavy (non-hydrogen) atoms. The number of aryl methyl sites for hydroxylation is 1. The number of nitrogens with zero attached hydrogens (tertiary/aromatic N) is 5. The minimum absolute atomic E-state index is 0.0557. The van der Waals surface area contributed by atoms with Gasteiger partial charge >= 0.3 is 0 Å². The Morgan fingerprint density at radius 2 is 1.88 bits per heavy atom. The first kappa shape index (κ1) is 26.2. The van der Waals surface area contributed by atoms with Crippen molar-refractivity contribution >= 4 is 49.7 Å². The van der Waals surface area contributed by atoms with E-state index >= 15 is 0 Å². The lowest BCUT2D eigenvalue weighted by Crippen LogP contribution is -2.20. The fraction of sp³-hybridized carbons (Fsp3) is 0.100. The highest BCUT2D eigenvalue weighted by Crippen LogP contribution is 2.32. The fourth-order valence-corrected chi connectivity index (χ4v) is 5.27. The summed E-state index contributed by atoms with van der Waals surface area (Å²) in [5.41, 5.74) is 3.55. The molecule has 0 saturated heterocycles. The Morgan fingerprint density at radius 1 is 1.07 bits per heavy atom. The number of ether oxygens (including phenoxy) is 1. The van der Waals surface area contributed by atoms with Gasteiger partial charge in [0.1, 0.15) is 11.3 Å². The minimum atomic E-state index is -0.448. The van der Waals surface area contributed by atoms with E-state index in [-0.39, 0.29) is 17.1 Å². The number of rotatable bonds is 6. The summed E-state index contributed by atoms with van der Waals surface area (Å²) in [7, 11) is 1.51. The van der Waals surface area contributed by atoms with E-state index in [1.165, 1.54) is 23.9 Å². The molecule has 0 aliphatic rings. The average molecular weight is 612 g/mol. The van der Waals surface area contributed by atoms with Crippen LogP contribution in [0.3, 0.4) is 0 Å². The molecule has 0 aliphatic carbocycles. The summed E-state index contributed by atoms with van der Waals surface area (Å²) in [6, 6.07) is 20.9. The summed E-state index contributed by atoms with van der Waals surface area (Å²) in [5.74, 6) is 1.13. The van der Waals surface area contributed by atoms with Gasteiger partial charge in [0.05, 0.1) is 34.8 Å². The Labute approximate surface area is 241 Å². The number of nitro groups is 1. The van der Waals surface area contributed by atoms with Crippen LogP contribution < -0.4 is 10.3 Å². The van der Waals surface area contributed by atoms with Crippen LogP contribution in [0.2, 0.25) is 0 Å². The molecule has 3 aromatic carbocycles. The van der Waals surface area contributed by atoms with Crippen molar-refractivity contribution in [3.8, 4) is 23.0 Å². The zero-order chi connectivity index (χ0) is 28.8. The number of nitro benzene ring substituents is 1. The maximum absolute atomic E-state index is 13.7. The Hall–Kier alpha value is -5.03. The number of benzene rings is 3. The second-order valence-corrected chi connectivity index (χ2v) is 10.3. The number of para-hydroxylation sites is 1. The molecule has 11 heteroatoms. The number of halogens is 1. The van der Waals surface area contributed by atoms with E-state index in [4.69, 9.17) is 14.1 Å². The smallest absolute Gasteiger partial charge is 0.282 e. The molecule has 0 amide bonds. The zero-order valence-electron chi connectivity index (χ0n) is 22.2. The Bertz CT molecular complexity index is 2090. The van der Waals surface area contributed by atoms with Crippen LogP contribution in [0.1, 0.15) is 17.0 Å². The topological polar surface area (TPSA) is 118 Å². The third kappa shape index (κ3) is 4.59. The molecule has 0 unspecified atom stereocenters. The summed E-state index contributed by atoms with van der Waals surface area (Å²) >= 11 is 3.48. The standard InChI is InChI=1S/C30H22BrN5O5/c1-17-12-20(18(2)34(17)25-15-22(36(38)39)9-11-27(25)40-3)16-32-35-29(33-24-7-5-4-6-23(24)30(35)37)28-14-19-13-21(31)8-10-26(19)41-28/h4-16H,1-3H3. The molecule has 0 fully saturated rings. The second kappa shape index (κ2) is 10.2. The van der Waals surface area contributed by atoms with E-state index in [0.717, 1.165) is 21.2 Å².